The van der Waals surface area contributed by atoms with Crippen molar-refractivity contribution in [1.29, 1.82) is 0 Å². The van der Waals surface area contributed by atoms with Crippen molar-refractivity contribution in [3.8, 4) is 0 Å². The van der Waals surface area contributed by atoms with Crippen molar-refractivity contribution in [1.82, 2.24) is 0 Å². The molecule has 0 amide bonds. The lowest BCUT2D eigenvalue weighted by Gasteiger charge is -2.20. The van der Waals surface area contributed by atoms with E-state index in [1.165, 1.54) is 0 Å². The van der Waals surface area contributed by atoms with E-state index < -0.39 is 0 Å². The molecule has 0 fully saturated rings. The number of hydrogen-bond acceptors (Lipinski definition) is 2. The summed E-state index contributed by atoms with van der Waals surface area (Å²) in [5.41, 5.74) is 0.228. The van der Waals surface area contributed by atoms with E-state index >= 15 is 0 Å². The highest BCUT2D eigenvalue weighted by Crippen LogP contribution is 2.25. The summed E-state index contributed by atoms with van der Waals surface area (Å²) >= 11 is 8.29. The molecule has 0 unspecified atom stereocenters. The molecule has 0 aromatic carbocycles. The molecule has 0 radical (unpaired) electrons. The molecule has 44 valence electrons. The zero-order valence-electron chi connectivity index (χ0n) is 4.97. The van der Waals surface area contributed by atoms with Gasteiger partial charge in [0, 0.05) is 4.58 Å². The second-order valence-electron chi connectivity index (χ2n) is 2.74. The summed E-state index contributed by atoms with van der Waals surface area (Å²) in [5.74, 6) is 0. The number of thiol groups is 2. The third-order valence-electron chi connectivity index (χ3n) is 0.775. The van der Waals surface area contributed by atoms with Crippen LogP contribution in [-0.2, 0) is 0 Å². The van der Waals surface area contributed by atoms with Crippen LogP contribution < -0.4 is 0 Å². The van der Waals surface area contributed by atoms with E-state index in [0.717, 1.165) is 0 Å². The first-order chi connectivity index (χ1) is 2.94. The lowest BCUT2D eigenvalue weighted by atomic mass is 10.0. The maximum atomic E-state index is 4.14. The molecule has 2 heteroatoms. The first-order valence-corrected chi connectivity index (χ1v) is 3.34. The molecular weight excluding hydrogens is 124 g/mol. The Hall–Kier alpha value is 0.700. The van der Waals surface area contributed by atoms with Crippen LogP contribution >= 0.6 is 25.3 Å². The third-order valence-corrected chi connectivity index (χ3v) is 2.32. The predicted molar refractivity (Wildman–Crippen MR) is 41.2 cm³/mol. The zero-order valence-corrected chi connectivity index (χ0v) is 6.76. The maximum absolute atomic E-state index is 4.14. The Bertz CT molecular complexity index is 51.6. The molecule has 0 bridgehead atoms. The molecule has 0 saturated heterocycles. The largest absolute Gasteiger partial charge is 0.165 e. The molecular formula is C5H12S2. The minimum Gasteiger partial charge on any atom is -0.165 e. The van der Waals surface area contributed by atoms with Crippen LogP contribution in [0.3, 0.4) is 0 Å². The van der Waals surface area contributed by atoms with Crippen LogP contribution in [0.2, 0.25) is 0 Å². The van der Waals surface area contributed by atoms with Crippen molar-refractivity contribution in [3.63, 3.8) is 0 Å². The van der Waals surface area contributed by atoms with E-state index in [9.17, 15) is 0 Å². The summed E-state index contributed by atoms with van der Waals surface area (Å²) in [6, 6.07) is 0. The lowest BCUT2D eigenvalue weighted by Crippen LogP contribution is -2.14. The average molecular weight is 136 g/mol. The minimum atomic E-state index is 0.187. The number of rotatable bonds is 0. The first-order valence-electron chi connectivity index (χ1n) is 2.31. The Balaban J connectivity index is 3.54. The first kappa shape index (κ1) is 7.70. The lowest BCUT2D eigenvalue weighted by molar-refractivity contribution is 0.463. The summed E-state index contributed by atoms with van der Waals surface area (Å²) < 4.78 is 0.187. The van der Waals surface area contributed by atoms with Gasteiger partial charge in [0.15, 0.2) is 0 Å². The molecule has 0 aliphatic carbocycles. The van der Waals surface area contributed by atoms with Gasteiger partial charge in [0.05, 0.1) is 0 Å². The summed E-state index contributed by atoms with van der Waals surface area (Å²) in [7, 11) is 0. The van der Waals surface area contributed by atoms with Gasteiger partial charge < -0.3 is 0 Å². The van der Waals surface area contributed by atoms with E-state index in [1.54, 1.807) is 0 Å². The van der Waals surface area contributed by atoms with Gasteiger partial charge in [-0.05, 0) is 5.41 Å². The van der Waals surface area contributed by atoms with Crippen molar-refractivity contribution in [2.45, 2.75) is 25.4 Å². The fourth-order valence-corrected chi connectivity index (χ4v) is 0. The van der Waals surface area contributed by atoms with Crippen LogP contribution in [0.15, 0.2) is 0 Å². The fraction of sp³-hybridized carbons (Fsp3) is 1.00. The highest BCUT2D eigenvalue weighted by atomic mass is 32.2. The topological polar surface area (TPSA) is 0 Å². The van der Waals surface area contributed by atoms with Gasteiger partial charge in [0.1, 0.15) is 0 Å². The molecule has 0 aromatic heterocycles. The van der Waals surface area contributed by atoms with E-state index in [-0.39, 0.29) is 10.00 Å². The molecule has 0 saturated carbocycles. The summed E-state index contributed by atoms with van der Waals surface area (Å²) in [6.07, 6.45) is 0. The van der Waals surface area contributed by atoms with Crippen LogP contribution in [0.1, 0.15) is 20.8 Å². The molecule has 0 aliphatic rings. The van der Waals surface area contributed by atoms with Crippen LogP contribution in [-0.4, -0.2) is 4.58 Å². The van der Waals surface area contributed by atoms with Gasteiger partial charge in [-0.1, -0.05) is 20.8 Å². The SMILES string of the molecule is CC(C)(C)C(S)S. The van der Waals surface area contributed by atoms with Crippen molar-refractivity contribution in [2.75, 3.05) is 0 Å². The minimum absolute atomic E-state index is 0.187. The van der Waals surface area contributed by atoms with Crippen molar-refractivity contribution >= 4 is 25.3 Å². The van der Waals surface area contributed by atoms with E-state index in [0.29, 0.717) is 0 Å². The molecule has 0 rings (SSSR count). The van der Waals surface area contributed by atoms with Crippen LogP contribution in [0.4, 0.5) is 0 Å². The second kappa shape index (κ2) is 2.31. The zero-order chi connectivity index (χ0) is 6.08. The molecule has 0 aromatic rings. The number of hydrogen-bond donors (Lipinski definition) is 2. The van der Waals surface area contributed by atoms with E-state index in [4.69, 9.17) is 0 Å². The molecule has 0 atom stereocenters. The third kappa shape index (κ3) is 3.30. The van der Waals surface area contributed by atoms with Gasteiger partial charge in [0.25, 0.3) is 0 Å². The summed E-state index contributed by atoms with van der Waals surface area (Å²) in [5, 5.41) is 0. The molecule has 0 N–H and O–H groups in total. The van der Waals surface area contributed by atoms with E-state index in [2.05, 4.69) is 46.0 Å². The van der Waals surface area contributed by atoms with E-state index in [1.807, 2.05) is 0 Å². The van der Waals surface area contributed by atoms with Crippen LogP contribution in [0.25, 0.3) is 0 Å². The molecule has 0 heterocycles. The van der Waals surface area contributed by atoms with Gasteiger partial charge in [-0.3, -0.25) is 0 Å². The monoisotopic (exact) mass is 136 g/mol. The maximum Gasteiger partial charge on any atom is 0.0490 e. The van der Waals surface area contributed by atoms with Crippen LogP contribution in [0.5, 0.6) is 0 Å². The Morgan fingerprint density at radius 3 is 1.29 bits per heavy atom. The highest BCUT2D eigenvalue weighted by molar-refractivity contribution is 7.99. The van der Waals surface area contributed by atoms with Gasteiger partial charge in [-0.2, -0.15) is 25.3 Å². The molecule has 0 nitrogen and oxygen atoms in total. The smallest absolute Gasteiger partial charge is 0.0490 e. The predicted octanol–water partition coefficient (Wildman–Crippen LogP) is 2.22. The standard InChI is InChI=1S/C5H12S2/c1-5(2,3)4(6)7/h4,6-7H,1-3H3. The summed E-state index contributed by atoms with van der Waals surface area (Å²) in [4.78, 5) is 0. The van der Waals surface area contributed by atoms with Gasteiger partial charge in [-0.25, -0.2) is 0 Å². The van der Waals surface area contributed by atoms with Crippen LogP contribution in [0, 0.1) is 5.41 Å². The van der Waals surface area contributed by atoms with Crippen molar-refractivity contribution in [3.05, 3.63) is 0 Å². The second-order valence-corrected chi connectivity index (χ2v) is 4.18. The average Bonchev–Trinajstić information content (AvgIpc) is 1.31. The van der Waals surface area contributed by atoms with Gasteiger partial charge in [0.2, 0.25) is 0 Å². The normalized spacial score (nSPS) is 12.9. The van der Waals surface area contributed by atoms with Gasteiger partial charge in [-0.15, -0.1) is 0 Å². The quantitative estimate of drug-likeness (QED) is 0.370. The molecule has 0 aliphatic heterocycles. The Morgan fingerprint density at radius 2 is 1.29 bits per heavy atom. The van der Waals surface area contributed by atoms with Crippen molar-refractivity contribution in [2.24, 2.45) is 5.41 Å². The highest BCUT2D eigenvalue weighted by Gasteiger charge is 2.15. The van der Waals surface area contributed by atoms with Crippen molar-refractivity contribution < 1.29 is 0 Å². The Labute approximate surface area is 56.5 Å². The van der Waals surface area contributed by atoms with Gasteiger partial charge >= 0.3 is 0 Å². The fourth-order valence-electron chi connectivity index (χ4n) is 0. The summed E-state index contributed by atoms with van der Waals surface area (Å²) in [6.45, 7) is 6.33. The Kier molecular flexibility index (Phi) is 2.54. The molecule has 0 spiro atoms. The molecule has 7 heavy (non-hydrogen) atoms. The Morgan fingerprint density at radius 1 is 1.14 bits per heavy atom.